The highest BCUT2D eigenvalue weighted by molar-refractivity contribution is 5.92. The van der Waals surface area contributed by atoms with Gasteiger partial charge in [-0.15, -0.1) is 0 Å². The van der Waals surface area contributed by atoms with Crippen molar-refractivity contribution >= 4 is 16.9 Å². The van der Waals surface area contributed by atoms with E-state index in [1.165, 1.54) is 11.1 Å². The minimum atomic E-state index is 0.00977. The van der Waals surface area contributed by atoms with E-state index in [9.17, 15) is 4.79 Å². The zero-order chi connectivity index (χ0) is 19.7. The van der Waals surface area contributed by atoms with E-state index in [0.29, 0.717) is 19.6 Å². The molecule has 3 heterocycles. The lowest BCUT2D eigenvalue weighted by molar-refractivity contribution is -0.121. The fourth-order valence-corrected chi connectivity index (χ4v) is 4.13. The number of nitrogens with zero attached hydrogens (tertiary/aromatic N) is 1. The van der Waals surface area contributed by atoms with Crippen LogP contribution in [0.25, 0.3) is 11.0 Å². The average molecular weight is 378 g/mol. The molecule has 1 N–H and O–H groups in total. The molecule has 146 valence electrons. The monoisotopic (exact) mass is 378 g/mol. The van der Waals surface area contributed by atoms with Crippen LogP contribution in [0.2, 0.25) is 0 Å². The Morgan fingerprint density at radius 2 is 1.96 bits per heavy atom. The number of benzene rings is 1. The van der Waals surface area contributed by atoms with E-state index in [4.69, 9.17) is 9.15 Å². The SMILES string of the molecule is Cc1cc(C)c2c(CC(=O)N[C@@H]3COC[C@H]3Cc3ccncc3)coc2c1C. The summed E-state index contributed by atoms with van der Waals surface area (Å²) in [5.74, 6) is 0.287. The molecule has 0 aliphatic carbocycles. The van der Waals surface area contributed by atoms with E-state index in [0.717, 1.165) is 34.1 Å². The smallest absolute Gasteiger partial charge is 0.224 e. The first-order valence-corrected chi connectivity index (χ1v) is 9.76. The maximum atomic E-state index is 12.8. The largest absolute Gasteiger partial charge is 0.464 e. The standard InChI is InChI=1S/C23H26N2O3/c1-14-8-15(2)22-19(12-28-23(22)16(14)3)10-21(26)25-20-13-27-11-18(20)9-17-4-6-24-7-5-17/h4-8,12,18,20H,9-11,13H2,1-3H3,(H,25,26)/t18-,20-/m1/s1. The molecule has 0 bridgehead atoms. The van der Waals surface area contributed by atoms with Crippen molar-refractivity contribution in [3.63, 3.8) is 0 Å². The number of pyridine rings is 1. The normalized spacial score (nSPS) is 19.2. The molecule has 1 fully saturated rings. The van der Waals surface area contributed by atoms with E-state index >= 15 is 0 Å². The number of rotatable bonds is 5. The molecule has 1 saturated heterocycles. The van der Waals surface area contributed by atoms with Gasteiger partial charge in [-0.3, -0.25) is 9.78 Å². The summed E-state index contributed by atoms with van der Waals surface area (Å²) in [6.07, 6.45) is 6.52. The van der Waals surface area contributed by atoms with Gasteiger partial charge < -0.3 is 14.5 Å². The molecular weight excluding hydrogens is 352 g/mol. The lowest BCUT2D eigenvalue weighted by Gasteiger charge is -2.19. The summed E-state index contributed by atoms with van der Waals surface area (Å²) in [5.41, 5.74) is 6.53. The van der Waals surface area contributed by atoms with Gasteiger partial charge in [0.15, 0.2) is 0 Å². The molecule has 1 amide bonds. The number of nitrogens with one attached hydrogen (secondary N) is 1. The second-order valence-corrected chi connectivity index (χ2v) is 7.81. The number of ether oxygens (including phenoxy) is 1. The molecule has 4 rings (SSSR count). The summed E-state index contributed by atoms with van der Waals surface area (Å²) in [6.45, 7) is 7.44. The molecule has 0 spiro atoms. The Labute approximate surface area is 165 Å². The van der Waals surface area contributed by atoms with Crippen LogP contribution in [0.4, 0.5) is 0 Å². The number of aromatic nitrogens is 1. The van der Waals surface area contributed by atoms with Gasteiger partial charge in [-0.2, -0.15) is 0 Å². The van der Waals surface area contributed by atoms with Crippen molar-refractivity contribution in [2.75, 3.05) is 13.2 Å². The first kappa shape index (κ1) is 18.7. The maximum absolute atomic E-state index is 12.8. The van der Waals surface area contributed by atoms with Crippen molar-refractivity contribution in [1.82, 2.24) is 10.3 Å². The first-order chi connectivity index (χ1) is 13.5. The van der Waals surface area contributed by atoms with Gasteiger partial charge in [0.25, 0.3) is 0 Å². The zero-order valence-electron chi connectivity index (χ0n) is 16.6. The second-order valence-electron chi connectivity index (χ2n) is 7.81. The number of carbonyl (C=O) groups excluding carboxylic acids is 1. The van der Waals surface area contributed by atoms with Crippen LogP contribution in [0.3, 0.4) is 0 Å². The Morgan fingerprint density at radius 3 is 2.75 bits per heavy atom. The van der Waals surface area contributed by atoms with Crippen molar-refractivity contribution in [1.29, 1.82) is 0 Å². The number of aryl methyl sites for hydroxylation is 3. The molecule has 5 nitrogen and oxygen atoms in total. The van der Waals surface area contributed by atoms with Crippen LogP contribution < -0.4 is 5.32 Å². The molecule has 1 aliphatic rings. The van der Waals surface area contributed by atoms with Crippen molar-refractivity contribution in [3.05, 3.63) is 64.7 Å². The molecule has 0 radical (unpaired) electrons. The third-order valence-corrected chi connectivity index (χ3v) is 5.77. The van der Waals surface area contributed by atoms with E-state index in [-0.39, 0.29) is 17.9 Å². The van der Waals surface area contributed by atoms with Gasteiger partial charge in [-0.25, -0.2) is 0 Å². The summed E-state index contributed by atoms with van der Waals surface area (Å²) in [6, 6.07) is 6.22. The van der Waals surface area contributed by atoms with Crippen LogP contribution in [0.15, 0.2) is 41.3 Å². The van der Waals surface area contributed by atoms with Gasteiger partial charge in [-0.05, 0) is 61.6 Å². The summed E-state index contributed by atoms with van der Waals surface area (Å²) in [7, 11) is 0. The van der Waals surface area contributed by atoms with Gasteiger partial charge in [0.2, 0.25) is 5.91 Å². The lowest BCUT2D eigenvalue weighted by atomic mass is 9.95. The Hall–Kier alpha value is -2.66. The highest BCUT2D eigenvalue weighted by Crippen LogP contribution is 2.30. The predicted molar refractivity (Wildman–Crippen MR) is 108 cm³/mol. The molecule has 0 unspecified atom stereocenters. The highest BCUT2D eigenvalue weighted by Gasteiger charge is 2.30. The van der Waals surface area contributed by atoms with Crippen molar-refractivity contribution in [2.45, 2.75) is 39.7 Å². The molecule has 0 saturated carbocycles. The van der Waals surface area contributed by atoms with E-state index in [1.807, 2.05) is 12.1 Å². The third kappa shape index (κ3) is 3.67. The Bertz CT molecular complexity index is 994. The fraction of sp³-hybridized carbons (Fsp3) is 0.391. The summed E-state index contributed by atoms with van der Waals surface area (Å²) >= 11 is 0. The first-order valence-electron chi connectivity index (χ1n) is 9.76. The summed E-state index contributed by atoms with van der Waals surface area (Å²) in [4.78, 5) is 16.8. The molecule has 2 aromatic heterocycles. The van der Waals surface area contributed by atoms with Gasteiger partial charge >= 0.3 is 0 Å². The number of fused-ring (bicyclic) bond motifs is 1. The Balaban J connectivity index is 1.46. The third-order valence-electron chi connectivity index (χ3n) is 5.77. The highest BCUT2D eigenvalue weighted by atomic mass is 16.5. The fourth-order valence-electron chi connectivity index (χ4n) is 4.13. The Morgan fingerprint density at radius 1 is 1.18 bits per heavy atom. The predicted octanol–water partition coefficient (Wildman–Crippen LogP) is 3.67. The van der Waals surface area contributed by atoms with Crippen LogP contribution in [0, 0.1) is 26.7 Å². The quantitative estimate of drug-likeness (QED) is 0.736. The molecule has 3 aromatic rings. The van der Waals surface area contributed by atoms with Crippen LogP contribution in [-0.2, 0) is 22.4 Å². The van der Waals surface area contributed by atoms with Crippen LogP contribution in [0.1, 0.15) is 27.8 Å². The topological polar surface area (TPSA) is 64.4 Å². The molecule has 1 aliphatic heterocycles. The zero-order valence-corrected chi connectivity index (χ0v) is 16.6. The van der Waals surface area contributed by atoms with Crippen molar-refractivity contribution < 1.29 is 13.9 Å². The molecule has 28 heavy (non-hydrogen) atoms. The van der Waals surface area contributed by atoms with Crippen molar-refractivity contribution in [2.24, 2.45) is 5.92 Å². The van der Waals surface area contributed by atoms with E-state index in [2.05, 4.69) is 37.1 Å². The second kappa shape index (κ2) is 7.76. The molecule has 2 atom stereocenters. The number of hydrogen-bond donors (Lipinski definition) is 1. The number of furan rings is 1. The molecular formula is C23H26N2O3. The van der Waals surface area contributed by atoms with E-state index < -0.39 is 0 Å². The Kier molecular flexibility index (Phi) is 5.18. The van der Waals surface area contributed by atoms with Crippen LogP contribution >= 0.6 is 0 Å². The van der Waals surface area contributed by atoms with Gasteiger partial charge in [0.05, 0.1) is 31.9 Å². The van der Waals surface area contributed by atoms with Gasteiger partial charge in [0, 0.05) is 29.3 Å². The number of hydrogen-bond acceptors (Lipinski definition) is 4. The molecule has 1 aromatic carbocycles. The van der Waals surface area contributed by atoms with Crippen molar-refractivity contribution in [3.8, 4) is 0 Å². The molecule has 5 heteroatoms. The minimum absolute atomic E-state index is 0.00977. The van der Waals surface area contributed by atoms with E-state index in [1.54, 1.807) is 18.7 Å². The lowest BCUT2D eigenvalue weighted by Crippen LogP contribution is -2.41. The summed E-state index contributed by atoms with van der Waals surface area (Å²) < 4.78 is 11.4. The van der Waals surface area contributed by atoms with Gasteiger partial charge in [-0.1, -0.05) is 6.07 Å². The number of carbonyl (C=O) groups is 1. The minimum Gasteiger partial charge on any atom is -0.464 e. The maximum Gasteiger partial charge on any atom is 0.224 e. The average Bonchev–Trinajstić information content (AvgIpc) is 3.28. The number of amides is 1. The summed E-state index contributed by atoms with van der Waals surface area (Å²) in [5, 5.41) is 4.24. The van der Waals surface area contributed by atoms with Gasteiger partial charge in [0.1, 0.15) is 5.58 Å². The van der Waals surface area contributed by atoms with Crippen LogP contribution in [-0.4, -0.2) is 30.1 Å². The van der Waals surface area contributed by atoms with Crippen LogP contribution in [0.5, 0.6) is 0 Å².